The Bertz CT molecular complexity index is 1330. The molecule has 208 valence electrons. The maximum absolute atomic E-state index is 5.74. The lowest BCUT2D eigenvalue weighted by molar-refractivity contribution is 0.149. The molecule has 1 aliphatic carbocycles. The van der Waals surface area contributed by atoms with Gasteiger partial charge < -0.3 is 19.5 Å². The summed E-state index contributed by atoms with van der Waals surface area (Å²) in [5, 5.41) is 11.9. The Hall–Kier alpha value is -3.02. The zero-order valence-corrected chi connectivity index (χ0v) is 24.2. The fourth-order valence-electron chi connectivity index (χ4n) is 5.89. The number of thiazole rings is 1. The summed E-state index contributed by atoms with van der Waals surface area (Å²) in [5.74, 6) is 1.02. The molecule has 0 bridgehead atoms. The summed E-state index contributed by atoms with van der Waals surface area (Å²) in [4.78, 5) is 20.6. The molecule has 39 heavy (non-hydrogen) atoms. The molecular formula is C28H39N9OS. The number of imidazole rings is 1. The van der Waals surface area contributed by atoms with Crippen LogP contribution in [-0.4, -0.2) is 93.1 Å². The van der Waals surface area contributed by atoms with Gasteiger partial charge in [0.2, 0.25) is 5.88 Å². The Balaban J connectivity index is 1.32. The molecule has 0 amide bonds. The van der Waals surface area contributed by atoms with Crippen molar-refractivity contribution in [2.45, 2.75) is 52.2 Å². The van der Waals surface area contributed by atoms with Gasteiger partial charge in [0.15, 0.2) is 5.13 Å². The van der Waals surface area contributed by atoms with Crippen LogP contribution >= 0.6 is 11.3 Å². The van der Waals surface area contributed by atoms with Crippen LogP contribution in [0.5, 0.6) is 5.88 Å². The average Bonchev–Trinajstić information content (AvgIpc) is 3.67. The van der Waals surface area contributed by atoms with Crippen molar-refractivity contribution in [3.63, 3.8) is 0 Å². The van der Waals surface area contributed by atoms with Gasteiger partial charge in [0.05, 0.1) is 29.7 Å². The SMILES string of the molecule is CCN1N=C2CCCCC2C1Nc1nc(-c2ccc(-n3cnc(C)c3)c(OC)n2)c(CN2CCN(C)CC2)s1. The van der Waals surface area contributed by atoms with Gasteiger partial charge in [0.25, 0.3) is 0 Å². The molecule has 5 heterocycles. The minimum atomic E-state index is 0.162. The number of anilines is 1. The first kappa shape index (κ1) is 26.2. The van der Waals surface area contributed by atoms with Crippen molar-refractivity contribution in [2.24, 2.45) is 11.0 Å². The van der Waals surface area contributed by atoms with Crippen molar-refractivity contribution in [1.29, 1.82) is 0 Å². The number of aromatic nitrogens is 4. The number of ether oxygens (including phenoxy) is 1. The molecule has 2 fully saturated rings. The van der Waals surface area contributed by atoms with Crippen LogP contribution in [0.15, 0.2) is 29.8 Å². The number of hydrogen-bond donors (Lipinski definition) is 1. The molecule has 3 aliphatic rings. The van der Waals surface area contributed by atoms with Crippen LogP contribution in [0.4, 0.5) is 5.13 Å². The predicted molar refractivity (Wildman–Crippen MR) is 156 cm³/mol. The van der Waals surface area contributed by atoms with Gasteiger partial charge >= 0.3 is 0 Å². The van der Waals surface area contributed by atoms with Crippen LogP contribution in [0.25, 0.3) is 17.1 Å². The fourth-order valence-corrected chi connectivity index (χ4v) is 6.93. The van der Waals surface area contributed by atoms with Gasteiger partial charge in [-0.1, -0.05) is 17.8 Å². The molecule has 1 saturated carbocycles. The highest BCUT2D eigenvalue weighted by Gasteiger charge is 2.38. The Morgan fingerprint density at radius 1 is 1.13 bits per heavy atom. The molecule has 1 saturated heterocycles. The number of rotatable bonds is 8. The summed E-state index contributed by atoms with van der Waals surface area (Å²) < 4.78 is 7.69. The number of piperazine rings is 1. The molecule has 11 heteroatoms. The number of likely N-dealkylation sites (N-methyl/N-ethyl adjacent to an activating group) is 1. The first-order chi connectivity index (χ1) is 19.0. The minimum Gasteiger partial charge on any atom is -0.479 e. The third-order valence-electron chi connectivity index (χ3n) is 8.11. The molecule has 0 aromatic carbocycles. The summed E-state index contributed by atoms with van der Waals surface area (Å²) in [6, 6.07) is 4.10. The van der Waals surface area contributed by atoms with E-state index in [0.717, 1.165) is 73.6 Å². The molecule has 0 spiro atoms. The lowest BCUT2D eigenvalue weighted by Crippen LogP contribution is -2.43. The van der Waals surface area contributed by atoms with E-state index >= 15 is 0 Å². The van der Waals surface area contributed by atoms with Crippen molar-refractivity contribution < 1.29 is 4.74 Å². The summed E-state index contributed by atoms with van der Waals surface area (Å²) >= 11 is 1.75. The Kier molecular flexibility index (Phi) is 7.55. The van der Waals surface area contributed by atoms with Crippen molar-refractivity contribution >= 4 is 22.2 Å². The molecule has 2 aliphatic heterocycles. The molecule has 3 aromatic heterocycles. The topological polar surface area (TPSA) is 86.9 Å². The number of fused-ring (bicyclic) bond motifs is 1. The van der Waals surface area contributed by atoms with E-state index in [-0.39, 0.29) is 6.17 Å². The third-order valence-corrected chi connectivity index (χ3v) is 9.08. The molecule has 6 rings (SSSR count). The van der Waals surface area contributed by atoms with Gasteiger partial charge in [-0.15, -0.1) is 0 Å². The van der Waals surface area contributed by atoms with E-state index in [1.807, 2.05) is 23.8 Å². The highest BCUT2D eigenvalue weighted by atomic mass is 32.1. The molecular weight excluding hydrogens is 510 g/mol. The second kappa shape index (κ2) is 11.2. The van der Waals surface area contributed by atoms with Crippen molar-refractivity contribution in [2.75, 3.05) is 52.2 Å². The van der Waals surface area contributed by atoms with Crippen molar-refractivity contribution in [1.82, 2.24) is 34.3 Å². The van der Waals surface area contributed by atoms with E-state index in [1.54, 1.807) is 24.8 Å². The van der Waals surface area contributed by atoms with E-state index < -0.39 is 0 Å². The normalized spacial score (nSPS) is 22.2. The van der Waals surface area contributed by atoms with Crippen LogP contribution in [-0.2, 0) is 6.54 Å². The molecule has 3 aromatic rings. The first-order valence-corrected chi connectivity index (χ1v) is 14.9. The summed E-state index contributed by atoms with van der Waals surface area (Å²) in [7, 11) is 3.86. The van der Waals surface area contributed by atoms with Crippen LogP contribution in [0.3, 0.4) is 0 Å². The highest BCUT2D eigenvalue weighted by molar-refractivity contribution is 7.16. The van der Waals surface area contributed by atoms with Gasteiger partial charge in [-0.2, -0.15) is 5.10 Å². The quantitative estimate of drug-likeness (QED) is 0.450. The highest BCUT2D eigenvalue weighted by Crippen LogP contribution is 2.37. The number of aryl methyl sites for hydroxylation is 1. The second-order valence-corrected chi connectivity index (χ2v) is 11.9. The average molecular weight is 550 g/mol. The smallest absolute Gasteiger partial charge is 0.238 e. The third kappa shape index (κ3) is 5.39. The van der Waals surface area contributed by atoms with Gasteiger partial charge in [0.1, 0.15) is 17.5 Å². The summed E-state index contributed by atoms with van der Waals surface area (Å²) in [6.45, 7) is 10.2. The number of hydrazone groups is 1. The maximum Gasteiger partial charge on any atom is 0.238 e. The lowest BCUT2D eigenvalue weighted by Gasteiger charge is -2.32. The van der Waals surface area contributed by atoms with E-state index in [4.69, 9.17) is 19.8 Å². The van der Waals surface area contributed by atoms with Gasteiger partial charge in [-0.25, -0.2) is 15.0 Å². The van der Waals surface area contributed by atoms with Crippen molar-refractivity contribution in [3.05, 3.63) is 35.2 Å². The van der Waals surface area contributed by atoms with Crippen LogP contribution in [0.1, 0.15) is 43.2 Å². The zero-order chi connectivity index (χ0) is 26.9. The number of nitrogens with one attached hydrogen (secondary N) is 1. The van der Waals surface area contributed by atoms with Gasteiger partial charge in [0, 0.05) is 57.1 Å². The van der Waals surface area contributed by atoms with Gasteiger partial charge in [-0.3, -0.25) is 9.91 Å². The van der Waals surface area contributed by atoms with E-state index in [9.17, 15) is 0 Å². The Morgan fingerprint density at radius 2 is 1.97 bits per heavy atom. The lowest BCUT2D eigenvalue weighted by atomic mass is 9.86. The molecule has 1 N–H and O–H groups in total. The first-order valence-electron chi connectivity index (χ1n) is 14.1. The Morgan fingerprint density at radius 3 is 2.72 bits per heavy atom. The number of nitrogens with zero attached hydrogens (tertiary/aromatic N) is 8. The standard InChI is InChI=1S/C28H39N9OS/c1-5-37-26(20-8-6-7-9-21(20)33-37)32-28-31-25(24(39-28)17-35-14-12-34(3)13-15-35)22-10-11-23(27(30-22)38-4)36-16-19(2)29-18-36/h10-11,16,18,20,26H,5-9,12-15,17H2,1-4H3,(H,31,32). The fraction of sp³-hybridized carbons (Fsp3) is 0.571. The van der Waals surface area contributed by atoms with Crippen LogP contribution in [0.2, 0.25) is 0 Å². The van der Waals surface area contributed by atoms with E-state index in [1.165, 1.54) is 29.9 Å². The van der Waals surface area contributed by atoms with Crippen molar-refractivity contribution in [3.8, 4) is 23.0 Å². The Labute approximate surface area is 234 Å². The molecule has 0 radical (unpaired) electrons. The summed E-state index contributed by atoms with van der Waals surface area (Å²) in [6.07, 6.45) is 8.75. The predicted octanol–water partition coefficient (Wildman–Crippen LogP) is 4.07. The van der Waals surface area contributed by atoms with E-state index in [0.29, 0.717) is 11.8 Å². The number of hydrogen-bond acceptors (Lipinski definition) is 10. The summed E-state index contributed by atoms with van der Waals surface area (Å²) in [5.41, 5.74) is 4.92. The number of pyridine rings is 1. The largest absolute Gasteiger partial charge is 0.479 e. The molecule has 2 atom stereocenters. The monoisotopic (exact) mass is 549 g/mol. The maximum atomic E-state index is 5.74. The van der Waals surface area contributed by atoms with Crippen LogP contribution < -0.4 is 10.1 Å². The number of methoxy groups -OCH3 is 1. The minimum absolute atomic E-state index is 0.162. The molecule has 10 nitrogen and oxygen atoms in total. The van der Waals surface area contributed by atoms with E-state index in [2.05, 4.69) is 45.1 Å². The zero-order valence-electron chi connectivity index (χ0n) is 23.4. The molecule has 2 unspecified atom stereocenters. The van der Waals surface area contributed by atoms with Crippen LogP contribution in [0, 0.1) is 12.8 Å². The second-order valence-electron chi connectivity index (χ2n) is 10.8. The van der Waals surface area contributed by atoms with Gasteiger partial charge in [-0.05, 0) is 52.3 Å².